The van der Waals surface area contributed by atoms with Gasteiger partial charge in [0.1, 0.15) is 34.4 Å². The second-order valence-corrected chi connectivity index (χ2v) is 12.9. The van der Waals surface area contributed by atoms with Crippen LogP contribution in [0.5, 0.6) is 5.75 Å². The van der Waals surface area contributed by atoms with Crippen LogP contribution >= 0.6 is 0 Å². The second-order valence-electron chi connectivity index (χ2n) is 12.9. The maximum absolute atomic E-state index is 14.2. The van der Waals surface area contributed by atoms with E-state index in [0.717, 1.165) is 27.5 Å². The van der Waals surface area contributed by atoms with Gasteiger partial charge in [-0.15, -0.1) is 0 Å². The van der Waals surface area contributed by atoms with E-state index in [1.807, 2.05) is 36.4 Å². The number of nitrogens with zero attached hydrogens (tertiary/aromatic N) is 1. The third kappa shape index (κ3) is 4.55. The summed E-state index contributed by atoms with van der Waals surface area (Å²) in [4.78, 5) is 41.3. The summed E-state index contributed by atoms with van der Waals surface area (Å²) in [5.74, 6) is -7.00. The van der Waals surface area contributed by atoms with Crippen molar-refractivity contribution >= 4 is 28.2 Å². The molecular formula is C35H37N3O7. The number of allylic oxidation sites excluding steroid dienone is 1. The molecule has 1 amide bonds. The molecule has 0 heterocycles. The maximum Gasteiger partial charge on any atom is 0.255 e. The summed E-state index contributed by atoms with van der Waals surface area (Å²) in [6, 6.07) is 14.3. The van der Waals surface area contributed by atoms with E-state index in [0.29, 0.717) is 18.2 Å². The number of aliphatic hydroxyl groups excluding tert-OH is 2. The molecule has 3 aromatic carbocycles. The maximum atomic E-state index is 14.2. The fraction of sp³-hybridized carbons (Fsp3) is 0.343. The average Bonchev–Trinajstić information content (AvgIpc) is 2.95. The lowest BCUT2D eigenvalue weighted by atomic mass is 9.58. The first-order valence-electron chi connectivity index (χ1n) is 15.0. The molecule has 0 aliphatic heterocycles. The lowest BCUT2D eigenvalue weighted by Crippen LogP contribution is -2.65. The van der Waals surface area contributed by atoms with Crippen LogP contribution in [0, 0.1) is 11.8 Å². The van der Waals surface area contributed by atoms with Crippen molar-refractivity contribution in [3.8, 4) is 16.9 Å². The molecule has 6 rings (SSSR count). The third-order valence-corrected chi connectivity index (χ3v) is 9.51. The van der Waals surface area contributed by atoms with Crippen LogP contribution in [0.2, 0.25) is 0 Å². The van der Waals surface area contributed by atoms with E-state index in [1.165, 1.54) is 11.0 Å². The van der Waals surface area contributed by atoms with Gasteiger partial charge >= 0.3 is 0 Å². The Kier molecular flexibility index (Phi) is 7.35. The van der Waals surface area contributed by atoms with Crippen molar-refractivity contribution in [2.45, 2.75) is 50.9 Å². The third-order valence-electron chi connectivity index (χ3n) is 9.51. The Morgan fingerprint density at radius 2 is 1.67 bits per heavy atom. The number of nitrogens with two attached hydrogens (primary N) is 1. The number of primary amides is 1. The highest BCUT2D eigenvalue weighted by molar-refractivity contribution is 6.23. The monoisotopic (exact) mass is 611 g/mol. The van der Waals surface area contributed by atoms with E-state index in [4.69, 9.17) is 5.73 Å². The van der Waals surface area contributed by atoms with Gasteiger partial charge in [0.15, 0.2) is 11.6 Å². The average molecular weight is 612 g/mol. The zero-order chi connectivity index (χ0) is 32.5. The lowest BCUT2D eigenvalue weighted by Gasteiger charge is -2.51. The molecule has 0 aromatic heterocycles. The van der Waals surface area contributed by atoms with Gasteiger partial charge in [0.2, 0.25) is 0 Å². The Hall–Kier alpha value is -4.51. The topological polar surface area (TPSA) is 173 Å². The van der Waals surface area contributed by atoms with E-state index >= 15 is 0 Å². The Morgan fingerprint density at radius 3 is 2.31 bits per heavy atom. The molecule has 4 atom stereocenters. The number of phenols is 1. The van der Waals surface area contributed by atoms with Crippen molar-refractivity contribution in [1.29, 1.82) is 0 Å². The number of nitrogens with one attached hydrogen (secondary N) is 1. The van der Waals surface area contributed by atoms with Gasteiger partial charge < -0.3 is 31.5 Å². The van der Waals surface area contributed by atoms with Crippen molar-refractivity contribution in [2.24, 2.45) is 17.6 Å². The van der Waals surface area contributed by atoms with E-state index in [1.54, 1.807) is 20.2 Å². The molecule has 7 N–H and O–H groups in total. The van der Waals surface area contributed by atoms with Crippen molar-refractivity contribution in [3.05, 3.63) is 87.9 Å². The molecule has 0 fully saturated rings. The summed E-state index contributed by atoms with van der Waals surface area (Å²) < 4.78 is 0. The van der Waals surface area contributed by atoms with Gasteiger partial charge in [-0.25, -0.2) is 0 Å². The molecule has 10 heteroatoms. The van der Waals surface area contributed by atoms with Crippen molar-refractivity contribution < 1.29 is 34.8 Å². The number of fused-ring (bicyclic) bond motifs is 4. The quantitative estimate of drug-likeness (QED) is 0.228. The first-order valence-corrected chi connectivity index (χ1v) is 15.0. The number of phenolic OH excluding ortho intramolecular Hbond substituents is 1. The predicted molar refractivity (Wildman–Crippen MR) is 169 cm³/mol. The number of hydrogen-bond donors (Lipinski definition) is 6. The van der Waals surface area contributed by atoms with Gasteiger partial charge in [-0.1, -0.05) is 56.3 Å². The molecule has 3 aliphatic rings. The highest BCUT2D eigenvalue weighted by atomic mass is 16.3. The Balaban J connectivity index is 1.53. The zero-order valence-corrected chi connectivity index (χ0v) is 25.6. The molecule has 45 heavy (non-hydrogen) atoms. The number of aromatic hydroxyl groups is 1. The molecule has 10 nitrogen and oxygen atoms in total. The van der Waals surface area contributed by atoms with Crippen LogP contribution in [0.15, 0.2) is 71.2 Å². The van der Waals surface area contributed by atoms with Gasteiger partial charge in [-0.3, -0.25) is 19.3 Å². The van der Waals surface area contributed by atoms with E-state index in [2.05, 4.69) is 19.2 Å². The minimum Gasteiger partial charge on any atom is -0.511 e. The Bertz CT molecular complexity index is 1860. The lowest BCUT2D eigenvalue weighted by molar-refractivity contribution is -0.145. The highest BCUT2D eigenvalue weighted by Gasteiger charge is 2.62. The number of benzene rings is 3. The van der Waals surface area contributed by atoms with Gasteiger partial charge in [-0.05, 0) is 71.9 Å². The van der Waals surface area contributed by atoms with E-state index < -0.39 is 58.0 Å². The van der Waals surface area contributed by atoms with E-state index in [-0.39, 0.29) is 29.7 Å². The van der Waals surface area contributed by atoms with Gasteiger partial charge in [0, 0.05) is 18.2 Å². The summed E-state index contributed by atoms with van der Waals surface area (Å²) in [5, 5.41) is 51.2. The number of rotatable bonds is 6. The van der Waals surface area contributed by atoms with Crippen LogP contribution < -0.4 is 11.1 Å². The predicted octanol–water partition coefficient (Wildman–Crippen LogP) is 3.44. The summed E-state index contributed by atoms with van der Waals surface area (Å²) in [6.45, 7) is 4.84. The number of carbonyl (C=O) groups is 3. The molecule has 0 spiro atoms. The van der Waals surface area contributed by atoms with Gasteiger partial charge in [0.25, 0.3) is 5.91 Å². The molecule has 0 radical (unpaired) electrons. The summed E-state index contributed by atoms with van der Waals surface area (Å²) in [6.07, 6.45) is -0.0196. The number of Topliss-reactive ketones (excluding diaryl/α,β-unsaturated/α-hetero) is 2. The number of likely N-dealkylation sites (N-methyl/N-ethyl adjacent to an activating group) is 1. The molecule has 0 bridgehead atoms. The molecule has 0 saturated heterocycles. The fourth-order valence-electron chi connectivity index (χ4n) is 7.69. The van der Waals surface area contributed by atoms with Crippen molar-refractivity contribution in [2.75, 3.05) is 14.1 Å². The van der Waals surface area contributed by atoms with Crippen molar-refractivity contribution in [3.63, 3.8) is 0 Å². The van der Waals surface area contributed by atoms with Crippen LogP contribution in [0.1, 0.15) is 41.8 Å². The van der Waals surface area contributed by atoms with Crippen LogP contribution in [-0.2, 0) is 22.6 Å². The Morgan fingerprint density at radius 1 is 1.00 bits per heavy atom. The first-order chi connectivity index (χ1) is 21.3. The van der Waals surface area contributed by atoms with Gasteiger partial charge in [-0.2, -0.15) is 0 Å². The van der Waals surface area contributed by atoms with E-state index in [9.17, 15) is 34.8 Å². The highest BCUT2D eigenvalue weighted by Crippen LogP contribution is 2.53. The molecule has 0 saturated carbocycles. The number of carbonyl (C=O) groups excluding carboxylic acids is 3. The first kappa shape index (κ1) is 30.5. The largest absolute Gasteiger partial charge is 0.511 e. The number of hydrogen-bond acceptors (Lipinski definition) is 9. The van der Waals surface area contributed by atoms with Gasteiger partial charge in [0.05, 0.1) is 11.6 Å². The minimum absolute atomic E-state index is 0.0197. The Labute approximate surface area is 260 Å². The minimum atomic E-state index is -2.06. The summed E-state index contributed by atoms with van der Waals surface area (Å²) in [7, 11) is 3.12. The zero-order valence-electron chi connectivity index (χ0n) is 25.6. The van der Waals surface area contributed by atoms with Crippen molar-refractivity contribution in [1.82, 2.24) is 10.2 Å². The molecule has 234 valence electrons. The number of amides is 1. The van der Waals surface area contributed by atoms with Crippen LogP contribution in [-0.4, -0.2) is 74.6 Å². The molecule has 3 aliphatic carbocycles. The normalized spacial score (nSPS) is 24.7. The number of ketones is 2. The summed E-state index contributed by atoms with van der Waals surface area (Å²) >= 11 is 0. The van der Waals surface area contributed by atoms with Crippen LogP contribution in [0.25, 0.3) is 21.9 Å². The summed E-state index contributed by atoms with van der Waals surface area (Å²) in [5.41, 5.74) is 5.83. The smallest absolute Gasteiger partial charge is 0.255 e. The standard InChI is InChI=1S/C35H37N3O7/c1-16(2)37-15-17-9-10-21(20-8-6-5-7-19(17)20)22-11-12-24(39)26-23(22)13-18-14-35(45)28(30(41)25(18)29(26)40)31(42)27(34(36)44)32(43)33(35)38(3)4/h5-12,16,18,28,33,37,39,41,43,45H,13-15H2,1-4H3,(H2,36,44)/t18-,28?,33+,35-/m0/s1. The fourth-order valence-corrected chi connectivity index (χ4v) is 7.69. The van der Waals surface area contributed by atoms with Crippen LogP contribution in [0.4, 0.5) is 0 Å². The second kappa shape index (κ2) is 10.8. The van der Waals surface area contributed by atoms with Crippen LogP contribution in [0.3, 0.4) is 0 Å². The molecule has 1 unspecified atom stereocenters. The molecule has 3 aromatic rings. The number of aliphatic hydroxyl groups is 3. The molecular weight excluding hydrogens is 574 g/mol. The SMILES string of the molecule is CC(C)NCc1ccc(-c2ccc(O)c3c2C[C@H]2C[C@]4(O)C(C(=O)C(C(N)=O)=C(O)[C@H]4N(C)C)C(O)=C2C3=O)c2ccccc12.